The molecule has 2 N–H and O–H groups in total. The zero-order valence-corrected chi connectivity index (χ0v) is 17.0. The van der Waals surface area contributed by atoms with E-state index in [1.807, 2.05) is 53.1 Å². The number of amides is 2. The molecule has 4 rings (SSSR count). The van der Waals surface area contributed by atoms with Crippen LogP contribution in [0, 0.1) is 5.82 Å². The fourth-order valence-corrected chi connectivity index (χ4v) is 3.38. The van der Waals surface area contributed by atoms with Gasteiger partial charge in [0.05, 0.1) is 11.0 Å². The highest BCUT2D eigenvalue weighted by Crippen LogP contribution is 2.25. The van der Waals surface area contributed by atoms with Crippen molar-refractivity contribution in [1.29, 1.82) is 0 Å². The van der Waals surface area contributed by atoms with Gasteiger partial charge in [-0.05, 0) is 60.7 Å². The van der Waals surface area contributed by atoms with Gasteiger partial charge in [-0.1, -0.05) is 28.1 Å². The molecule has 0 radical (unpaired) electrons. The number of rotatable bonds is 5. The van der Waals surface area contributed by atoms with E-state index in [1.165, 1.54) is 12.1 Å². The molecule has 3 aromatic carbocycles. The Hall–Kier alpha value is -3.19. The zero-order chi connectivity index (χ0) is 20.2. The van der Waals surface area contributed by atoms with Gasteiger partial charge < -0.3 is 15.2 Å². The third-order valence-corrected chi connectivity index (χ3v) is 5.01. The summed E-state index contributed by atoms with van der Waals surface area (Å²) < 4.78 is 16.3. The van der Waals surface area contributed by atoms with E-state index < -0.39 is 0 Å². The summed E-state index contributed by atoms with van der Waals surface area (Å²) in [4.78, 5) is 16.9. The Balaban J connectivity index is 1.49. The molecule has 0 saturated heterocycles. The number of para-hydroxylation sites is 2. The van der Waals surface area contributed by atoms with E-state index in [-0.39, 0.29) is 11.8 Å². The lowest BCUT2D eigenvalue weighted by Crippen LogP contribution is -2.31. The quantitative estimate of drug-likeness (QED) is 0.424. The number of urea groups is 1. The number of hydrogen-bond donors (Lipinski definition) is 2. The van der Waals surface area contributed by atoms with Crippen LogP contribution in [0.15, 0.2) is 77.3 Å². The van der Waals surface area contributed by atoms with Crippen LogP contribution < -0.4 is 10.6 Å². The Morgan fingerprint density at radius 1 is 1.00 bits per heavy atom. The molecular weight excluding hydrogens is 435 g/mol. The molecule has 7 heteroatoms. The van der Waals surface area contributed by atoms with Gasteiger partial charge in [-0.2, -0.15) is 0 Å². The number of carbonyl (C=O) groups excluding carboxylic acids is 1. The number of carbonyl (C=O) groups is 1. The number of halogens is 2. The van der Waals surface area contributed by atoms with Gasteiger partial charge in [0.15, 0.2) is 0 Å². The first-order chi connectivity index (χ1) is 14.1. The molecule has 0 saturated carbocycles. The number of benzene rings is 3. The second-order valence-electron chi connectivity index (χ2n) is 6.47. The molecule has 0 spiro atoms. The first-order valence-corrected chi connectivity index (χ1v) is 9.91. The zero-order valence-electron chi connectivity index (χ0n) is 15.4. The Morgan fingerprint density at radius 2 is 1.72 bits per heavy atom. The number of fused-ring (bicyclic) bond motifs is 1. The van der Waals surface area contributed by atoms with Gasteiger partial charge in [0, 0.05) is 28.8 Å². The van der Waals surface area contributed by atoms with Crippen molar-refractivity contribution in [1.82, 2.24) is 14.9 Å². The number of aromatic nitrogens is 2. The highest BCUT2D eigenvalue weighted by molar-refractivity contribution is 9.10. The van der Waals surface area contributed by atoms with Gasteiger partial charge in [-0.25, -0.2) is 14.2 Å². The minimum absolute atomic E-state index is 0.278. The number of nitrogens with zero attached hydrogens (tertiary/aromatic N) is 2. The molecule has 0 fully saturated rings. The minimum atomic E-state index is -0.289. The van der Waals surface area contributed by atoms with Crippen molar-refractivity contribution in [2.45, 2.75) is 6.54 Å². The van der Waals surface area contributed by atoms with E-state index >= 15 is 0 Å². The summed E-state index contributed by atoms with van der Waals surface area (Å²) in [5, 5.41) is 5.67. The molecule has 0 aliphatic rings. The van der Waals surface area contributed by atoms with E-state index in [2.05, 4.69) is 26.6 Å². The van der Waals surface area contributed by atoms with Crippen molar-refractivity contribution in [3.8, 4) is 11.4 Å². The van der Waals surface area contributed by atoms with Crippen LogP contribution in [-0.2, 0) is 6.54 Å². The first-order valence-electron chi connectivity index (χ1n) is 9.12. The summed E-state index contributed by atoms with van der Waals surface area (Å²) in [5.74, 6) is 0.448. The average molecular weight is 453 g/mol. The molecule has 2 amide bonds. The summed E-state index contributed by atoms with van der Waals surface area (Å²) in [6.07, 6.45) is 0. The van der Waals surface area contributed by atoms with Crippen LogP contribution in [0.5, 0.6) is 0 Å². The molecular formula is C22H18BrFN4O. The van der Waals surface area contributed by atoms with Crippen LogP contribution in [-0.4, -0.2) is 22.1 Å². The van der Waals surface area contributed by atoms with Gasteiger partial charge in [-0.15, -0.1) is 0 Å². The fourth-order valence-electron chi connectivity index (χ4n) is 3.11. The SMILES string of the molecule is O=C(NCCn1c(-c2ccc(F)cc2)nc2ccccc21)Nc1ccc(Br)cc1. The van der Waals surface area contributed by atoms with Crippen molar-refractivity contribution in [2.75, 3.05) is 11.9 Å². The van der Waals surface area contributed by atoms with Crippen LogP contribution in [0.25, 0.3) is 22.4 Å². The number of anilines is 1. The Labute approximate surface area is 175 Å². The predicted molar refractivity (Wildman–Crippen MR) is 116 cm³/mol. The third kappa shape index (κ3) is 4.46. The van der Waals surface area contributed by atoms with Gasteiger partial charge in [-0.3, -0.25) is 0 Å². The maximum atomic E-state index is 13.3. The van der Waals surface area contributed by atoms with E-state index in [4.69, 9.17) is 4.98 Å². The molecule has 0 aliphatic heterocycles. The molecule has 0 unspecified atom stereocenters. The Bertz CT molecular complexity index is 1140. The minimum Gasteiger partial charge on any atom is -0.336 e. The highest BCUT2D eigenvalue weighted by Gasteiger charge is 2.12. The molecule has 146 valence electrons. The van der Waals surface area contributed by atoms with Crippen molar-refractivity contribution >= 4 is 38.7 Å². The smallest absolute Gasteiger partial charge is 0.319 e. The normalized spacial score (nSPS) is 10.8. The van der Waals surface area contributed by atoms with Crippen molar-refractivity contribution in [3.63, 3.8) is 0 Å². The van der Waals surface area contributed by atoms with Gasteiger partial charge >= 0.3 is 6.03 Å². The Morgan fingerprint density at radius 3 is 2.48 bits per heavy atom. The summed E-state index contributed by atoms with van der Waals surface area (Å²) in [5.41, 5.74) is 3.35. The van der Waals surface area contributed by atoms with Crippen LogP contribution in [0.1, 0.15) is 0 Å². The standard InChI is InChI=1S/C22H18BrFN4O/c23-16-7-11-18(12-8-16)26-22(29)25-13-14-28-20-4-2-1-3-19(20)27-21(28)15-5-9-17(24)10-6-15/h1-12H,13-14H2,(H2,25,26,29). The fraction of sp³-hybridized carbons (Fsp3) is 0.0909. The van der Waals surface area contributed by atoms with Gasteiger partial charge in [0.1, 0.15) is 11.6 Å². The predicted octanol–water partition coefficient (Wildman–Crippen LogP) is 5.43. The summed E-state index contributed by atoms with van der Waals surface area (Å²) in [6.45, 7) is 0.942. The number of nitrogens with one attached hydrogen (secondary N) is 2. The van der Waals surface area contributed by atoms with E-state index in [0.29, 0.717) is 18.8 Å². The molecule has 1 aromatic heterocycles. The number of hydrogen-bond acceptors (Lipinski definition) is 2. The molecule has 29 heavy (non-hydrogen) atoms. The lowest BCUT2D eigenvalue weighted by molar-refractivity contribution is 0.251. The highest BCUT2D eigenvalue weighted by atomic mass is 79.9. The molecule has 5 nitrogen and oxygen atoms in total. The van der Waals surface area contributed by atoms with E-state index in [1.54, 1.807) is 12.1 Å². The van der Waals surface area contributed by atoms with Crippen molar-refractivity contribution in [2.24, 2.45) is 0 Å². The summed E-state index contributed by atoms with van der Waals surface area (Å²) in [6, 6.07) is 21.1. The van der Waals surface area contributed by atoms with E-state index in [9.17, 15) is 9.18 Å². The van der Waals surface area contributed by atoms with Crippen molar-refractivity contribution in [3.05, 3.63) is 83.1 Å². The third-order valence-electron chi connectivity index (χ3n) is 4.48. The maximum absolute atomic E-state index is 13.3. The van der Waals surface area contributed by atoms with Crippen LogP contribution in [0.4, 0.5) is 14.9 Å². The molecule has 4 aromatic rings. The largest absolute Gasteiger partial charge is 0.336 e. The molecule has 0 aliphatic carbocycles. The second kappa shape index (κ2) is 8.45. The molecule has 0 bridgehead atoms. The van der Waals surface area contributed by atoms with Crippen LogP contribution >= 0.6 is 15.9 Å². The molecule has 0 atom stereocenters. The number of imidazole rings is 1. The van der Waals surface area contributed by atoms with Gasteiger partial charge in [0.2, 0.25) is 0 Å². The monoisotopic (exact) mass is 452 g/mol. The van der Waals surface area contributed by atoms with E-state index in [0.717, 1.165) is 26.9 Å². The topological polar surface area (TPSA) is 59.0 Å². The van der Waals surface area contributed by atoms with Crippen molar-refractivity contribution < 1.29 is 9.18 Å². The average Bonchev–Trinajstić information content (AvgIpc) is 3.09. The second-order valence-corrected chi connectivity index (χ2v) is 7.39. The molecule has 1 heterocycles. The lowest BCUT2D eigenvalue weighted by atomic mass is 10.2. The maximum Gasteiger partial charge on any atom is 0.319 e. The van der Waals surface area contributed by atoms with Crippen LogP contribution in [0.3, 0.4) is 0 Å². The van der Waals surface area contributed by atoms with Gasteiger partial charge in [0.25, 0.3) is 0 Å². The summed E-state index contributed by atoms with van der Waals surface area (Å²) in [7, 11) is 0. The Kier molecular flexibility index (Phi) is 5.57. The lowest BCUT2D eigenvalue weighted by Gasteiger charge is -2.11. The van der Waals surface area contributed by atoms with Crippen LogP contribution in [0.2, 0.25) is 0 Å². The summed E-state index contributed by atoms with van der Waals surface area (Å²) >= 11 is 3.37. The first kappa shape index (κ1) is 19.1.